The minimum Gasteiger partial charge on any atom is -0.444 e. The molecule has 5 heteroatoms. The zero-order chi connectivity index (χ0) is 15.7. The van der Waals surface area contributed by atoms with E-state index in [1.165, 1.54) is 0 Å². The Bertz CT molecular complexity index is 533. The Hall–Kier alpha value is -1.26. The van der Waals surface area contributed by atoms with Crippen LogP contribution in [0.15, 0.2) is 18.2 Å². The van der Waals surface area contributed by atoms with Gasteiger partial charge in [-0.1, -0.05) is 17.7 Å². The molecule has 0 radical (unpaired) electrons. The van der Waals surface area contributed by atoms with Crippen LogP contribution in [-0.4, -0.2) is 23.4 Å². The van der Waals surface area contributed by atoms with Crippen molar-refractivity contribution >= 4 is 23.4 Å². The Morgan fingerprint density at radius 2 is 2.10 bits per heavy atom. The second kappa shape index (κ2) is 5.85. The molecule has 2 N–H and O–H groups in total. The summed E-state index contributed by atoms with van der Waals surface area (Å²) in [7, 11) is 0. The van der Waals surface area contributed by atoms with E-state index in [1.54, 1.807) is 12.1 Å². The van der Waals surface area contributed by atoms with E-state index in [2.05, 4.69) is 5.32 Å². The lowest BCUT2D eigenvalue weighted by molar-refractivity contribution is 0.0636. The molecule has 2 rings (SSSR count). The summed E-state index contributed by atoms with van der Waals surface area (Å²) in [5.41, 5.74) is 1.08. The summed E-state index contributed by atoms with van der Waals surface area (Å²) >= 11 is 6.26. The van der Waals surface area contributed by atoms with Crippen LogP contribution in [0.1, 0.15) is 39.2 Å². The van der Waals surface area contributed by atoms with E-state index in [0.29, 0.717) is 10.7 Å². The highest BCUT2D eigenvalue weighted by Crippen LogP contribution is 2.48. The highest BCUT2D eigenvalue weighted by atomic mass is 35.5. The first kappa shape index (κ1) is 16.1. The number of carbonyl (C=O) groups is 1. The highest BCUT2D eigenvalue weighted by molar-refractivity contribution is 6.31. The highest BCUT2D eigenvalue weighted by Gasteiger charge is 2.42. The van der Waals surface area contributed by atoms with Crippen LogP contribution in [0.3, 0.4) is 0 Å². The predicted octanol–water partition coefficient (Wildman–Crippen LogP) is 4.00. The van der Waals surface area contributed by atoms with Gasteiger partial charge >= 0.3 is 6.09 Å². The first-order chi connectivity index (χ1) is 9.73. The quantitative estimate of drug-likeness (QED) is 0.883. The van der Waals surface area contributed by atoms with Crippen molar-refractivity contribution in [3.8, 4) is 0 Å². The topological polar surface area (TPSA) is 58.6 Å². The summed E-state index contributed by atoms with van der Waals surface area (Å²) in [5, 5.41) is 12.6. The standard InChI is InChI=1S/C16H22ClNO3/c1-15(2,3)21-14(20)18-12-5-4-11(13(17)8-12)9-16(10-19)6-7-16/h4-5,8,19H,6-7,9-10H2,1-3H3,(H,18,20). The van der Waals surface area contributed by atoms with Gasteiger partial charge in [0.15, 0.2) is 0 Å². The first-order valence-corrected chi connectivity index (χ1v) is 7.50. The summed E-state index contributed by atoms with van der Waals surface area (Å²) in [6.07, 6.45) is 2.35. The number of halogens is 1. The maximum Gasteiger partial charge on any atom is 0.412 e. The number of nitrogens with one attached hydrogen (secondary N) is 1. The minimum atomic E-state index is -0.534. The van der Waals surface area contributed by atoms with Gasteiger partial charge in [0.2, 0.25) is 0 Å². The maximum absolute atomic E-state index is 11.7. The van der Waals surface area contributed by atoms with Gasteiger partial charge in [0.05, 0.1) is 0 Å². The Morgan fingerprint density at radius 1 is 1.43 bits per heavy atom. The van der Waals surface area contributed by atoms with Crippen molar-refractivity contribution in [2.75, 3.05) is 11.9 Å². The molecular formula is C16H22ClNO3. The Labute approximate surface area is 130 Å². The van der Waals surface area contributed by atoms with Crippen LogP contribution in [0.5, 0.6) is 0 Å². The van der Waals surface area contributed by atoms with E-state index in [-0.39, 0.29) is 12.0 Å². The number of hydrogen-bond acceptors (Lipinski definition) is 3. The van der Waals surface area contributed by atoms with Gasteiger partial charge < -0.3 is 9.84 Å². The molecule has 0 spiro atoms. The fraction of sp³-hybridized carbons (Fsp3) is 0.562. The number of carbonyl (C=O) groups excluding carboxylic acids is 1. The van der Waals surface area contributed by atoms with Crippen LogP contribution < -0.4 is 5.32 Å². The van der Waals surface area contributed by atoms with Gasteiger partial charge in [-0.2, -0.15) is 0 Å². The molecule has 1 aliphatic rings. The van der Waals surface area contributed by atoms with Crippen molar-refractivity contribution in [2.45, 2.75) is 45.6 Å². The fourth-order valence-electron chi connectivity index (χ4n) is 2.16. The lowest BCUT2D eigenvalue weighted by atomic mass is 9.97. The third-order valence-corrected chi connectivity index (χ3v) is 3.91. The molecule has 21 heavy (non-hydrogen) atoms. The van der Waals surface area contributed by atoms with E-state index in [4.69, 9.17) is 16.3 Å². The number of aliphatic hydroxyl groups is 1. The van der Waals surface area contributed by atoms with Crippen molar-refractivity contribution < 1.29 is 14.6 Å². The molecule has 1 aromatic carbocycles. The molecular weight excluding hydrogens is 290 g/mol. The van der Waals surface area contributed by atoms with E-state index in [0.717, 1.165) is 24.8 Å². The van der Waals surface area contributed by atoms with E-state index in [9.17, 15) is 9.90 Å². The molecule has 1 saturated carbocycles. The van der Waals surface area contributed by atoms with Crippen LogP contribution in [0.2, 0.25) is 5.02 Å². The first-order valence-electron chi connectivity index (χ1n) is 7.12. The molecule has 0 aliphatic heterocycles. The third-order valence-electron chi connectivity index (χ3n) is 3.56. The molecule has 0 unspecified atom stereocenters. The molecule has 0 saturated heterocycles. The summed E-state index contributed by atoms with van der Waals surface area (Å²) in [6.45, 7) is 5.63. The number of rotatable bonds is 4. The van der Waals surface area contributed by atoms with Gasteiger partial charge in [0.25, 0.3) is 0 Å². The maximum atomic E-state index is 11.7. The summed E-state index contributed by atoms with van der Waals surface area (Å²) in [4.78, 5) is 11.7. The normalized spacial score (nSPS) is 16.4. The fourth-order valence-corrected chi connectivity index (χ4v) is 2.41. The summed E-state index contributed by atoms with van der Waals surface area (Å²) in [5.74, 6) is 0. The Kier molecular flexibility index (Phi) is 4.49. The number of benzene rings is 1. The lowest BCUT2D eigenvalue weighted by Crippen LogP contribution is -2.27. The van der Waals surface area contributed by atoms with Gasteiger partial charge in [-0.3, -0.25) is 5.32 Å². The van der Waals surface area contributed by atoms with Crippen LogP contribution in [0, 0.1) is 5.41 Å². The molecule has 1 aromatic rings. The van der Waals surface area contributed by atoms with E-state index >= 15 is 0 Å². The largest absolute Gasteiger partial charge is 0.444 e. The van der Waals surface area contributed by atoms with Gasteiger partial charge in [-0.05, 0) is 63.1 Å². The molecule has 4 nitrogen and oxygen atoms in total. The molecule has 1 aliphatic carbocycles. The van der Waals surface area contributed by atoms with Crippen LogP contribution in [-0.2, 0) is 11.2 Å². The molecule has 116 valence electrons. The average Bonchev–Trinajstić information content (AvgIpc) is 3.11. The number of anilines is 1. The molecule has 1 fully saturated rings. The van der Waals surface area contributed by atoms with Gasteiger partial charge in [0, 0.05) is 17.3 Å². The lowest BCUT2D eigenvalue weighted by Gasteiger charge is -2.20. The van der Waals surface area contributed by atoms with E-state index < -0.39 is 11.7 Å². The number of amides is 1. The van der Waals surface area contributed by atoms with Crippen LogP contribution in [0.25, 0.3) is 0 Å². The molecule has 0 aromatic heterocycles. The predicted molar refractivity (Wildman–Crippen MR) is 83.8 cm³/mol. The van der Waals surface area contributed by atoms with E-state index in [1.807, 2.05) is 26.8 Å². The van der Waals surface area contributed by atoms with Crippen molar-refractivity contribution in [2.24, 2.45) is 5.41 Å². The number of aliphatic hydroxyl groups excluding tert-OH is 1. The van der Waals surface area contributed by atoms with Crippen molar-refractivity contribution in [1.29, 1.82) is 0 Å². The average molecular weight is 312 g/mol. The van der Waals surface area contributed by atoms with Crippen LogP contribution >= 0.6 is 11.6 Å². The summed E-state index contributed by atoms with van der Waals surface area (Å²) < 4.78 is 5.19. The second-order valence-corrected chi connectivity index (χ2v) is 7.18. The number of ether oxygens (including phenoxy) is 1. The molecule has 1 amide bonds. The van der Waals surface area contributed by atoms with Gasteiger partial charge in [0.1, 0.15) is 5.60 Å². The van der Waals surface area contributed by atoms with Crippen LogP contribution in [0.4, 0.5) is 10.5 Å². The minimum absolute atomic E-state index is 0.0176. The van der Waals surface area contributed by atoms with Crippen molar-refractivity contribution in [3.05, 3.63) is 28.8 Å². The van der Waals surface area contributed by atoms with Gasteiger partial charge in [-0.15, -0.1) is 0 Å². The van der Waals surface area contributed by atoms with Crippen molar-refractivity contribution in [3.63, 3.8) is 0 Å². The Balaban J connectivity index is 2.00. The second-order valence-electron chi connectivity index (χ2n) is 6.77. The monoisotopic (exact) mass is 311 g/mol. The SMILES string of the molecule is CC(C)(C)OC(=O)Nc1ccc(CC2(CO)CC2)c(Cl)c1. The summed E-state index contributed by atoms with van der Waals surface area (Å²) in [6, 6.07) is 5.41. The zero-order valence-corrected chi connectivity index (χ0v) is 13.5. The number of hydrogen-bond donors (Lipinski definition) is 2. The molecule has 0 bridgehead atoms. The smallest absolute Gasteiger partial charge is 0.412 e. The zero-order valence-electron chi connectivity index (χ0n) is 12.7. The van der Waals surface area contributed by atoms with Crippen molar-refractivity contribution in [1.82, 2.24) is 0 Å². The molecule has 0 heterocycles. The van der Waals surface area contributed by atoms with Gasteiger partial charge in [-0.25, -0.2) is 4.79 Å². The molecule has 0 atom stereocenters. The Morgan fingerprint density at radius 3 is 2.57 bits per heavy atom. The third kappa shape index (κ3) is 4.61.